The van der Waals surface area contributed by atoms with Gasteiger partial charge >= 0.3 is 0 Å². The van der Waals surface area contributed by atoms with Gasteiger partial charge in [0.1, 0.15) is 17.3 Å². The van der Waals surface area contributed by atoms with E-state index in [0.717, 1.165) is 16.8 Å². The smallest absolute Gasteiger partial charge is 0.257 e. The van der Waals surface area contributed by atoms with Crippen molar-refractivity contribution in [1.29, 1.82) is 0 Å². The molecule has 0 aliphatic carbocycles. The Morgan fingerprint density at radius 3 is 2.41 bits per heavy atom. The van der Waals surface area contributed by atoms with Crippen molar-refractivity contribution in [2.75, 3.05) is 51.8 Å². The Bertz CT molecular complexity index is 1380. The maximum Gasteiger partial charge on any atom is 0.257 e. The minimum absolute atomic E-state index is 0.0731. The highest BCUT2D eigenvalue weighted by Gasteiger charge is 2.36. The van der Waals surface area contributed by atoms with Crippen molar-refractivity contribution in [3.05, 3.63) is 88.7 Å². The molecule has 0 aromatic heterocycles. The second-order valence-electron chi connectivity index (χ2n) is 10.1. The highest BCUT2D eigenvalue weighted by Crippen LogP contribution is 2.39. The van der Waals surface area contributed by atoms with Crippen LogP contribution in [-0.4, -0.2) is 68.5 Å². The minimum atomic E-state index is -0.297. The third-order valence-corrected chi connectivity index (χ3v) is 7.73. The quantitative estimate of drug-likeness (QED) is 0.432. The zero-order chi connectivity index (χ0) is 27.5. The fourth-order valence-electron chi connectivity index (χ4n) is 5.29. The number of methoxy groups -OCH3 is 2. The van der Waals surface area contributed by atoms with Crippen LogP contribution < -0.4 is 14.4 Å². The SMILES string of the molecule is COc1ccc([C@H]2CC(c3ccc(C)c(C)c3)=NN2C(=O)CN2CCN(c3ccccc3F)CC2)c(OC)c1. The summed E-state index contributed by atoms with van der Waals surface area (Å²) in [4.78, 5) is 17.9. The van der Waals surface area contributed by atoms with Gasteiger partial charge in [-0.1, -0.05) is 24.3 Å². The molecule has 1 atom stereocenters. The van der Waals surface area contributed by atoms with Crippen molar-refractivity contribution in [3.8, 4) is 11.5 Å². The van der Waals surface area contributed by atoms with E-state index in [-0.39, 0.29) is 24.3 Å². The maximum absolute atomic E-state index is 14.3. The molecular weight excluding hydrogens is 495 g/mol. The molecular formula is C31H35FN4O3. The lowest BCUT2D eigenvalue weighted by atomic mass is 9.96. The molecule has 0 spiro atoms. The fraction of sp³-hybridized carbons (Fsp3) is 0.355. The van der Waals surface area contributed by atoms with Crippen LogP contribution in [0.1, 0.15) is 34.7 Å². The molecule has 1 saturated heterocycles. The number of carbonyl (C=O) groups is 1. The summed E-state index contributed by atoms with van der Waals surface area (Å²) in [5, 5.41) is 6.49. The number of carbonyl (C=O) groups excluding carboxylic acids is 1. The van der Waals surface area contributed by atoms with E-state index in [1.54, 1.807) is 31.4 Å². The molecule has 0 radical (unpaired) electrons. The number of aryl methyl sites for hydroxylation is 2. The van der Waals surface area contributed by atoms with Crippen molar-refractivity contribution >= 4 is 17.3 Å². The highest BCUT2D eigenvalue weighted by atomic mass is 19.1. The van der Waals surface area contributed by atoms with Crippen LogP contribution in [0.15, 0.2) is 65.8 Å². The zero-order valence-electron chi connectivity index (χ0n) is 23.0. The molecule has 204 valence electrons. The standard InChI is InChI=1S/C31H35FN4O3/c1-21-9-10-23(17-22(21)2)27-19-29(25-12-11-24(38-3)18-30(25)39-4)36(33-27)31(37)20-34-13-15-35(16-14-34)28-8-6-5-7-26(28)32/h5-12,17-18,29H,13-16,19-20H2,1-4H3/t29-/m1/s1. The first-order chi connectivity index (χ1) is 18.9. The second-order valence-corrected chi connectivity index (χ2v) is 10.1. The molecule has 0 N–H and O–H groups in total. The summed E-state index contributed by atoms with van der Waals surface area (Å²) in [5.41, 5.74) is 5.79. The van der Waals surface area contributed by atoms with E-state index in [1.165, 1.54) is 17.2 Å². The number of halogens is 1. The third kappa shape index (κ3) is 5.61. The van der Waals surface area contributed by atoms with Crippen LogP contribution in [0.3, 0.4) is 0 Å². The number of anilines is 1. The summed E-state index contributed by atoms with van der Waals surface area (Å²) >= 11 is 0. The predicted octanol–water partition coefficient (Wildman–Crippen LogP) is 4.96. The molecule has 0 bridgehead atoms. The normalized spacial score (nSPS) is 17.8. The Morgan fingerprint density at radius 1 is 0.949 bits per heavy atom. The molecule has 1 fully saturated rings. The maximum atomic E-state index is 14.3. The van der Waals surface area contributed by atoms with Crippen LogP contribution in [0.4, 0.5) is 10.1 Å². The Kier molecular flexibility index (Phi) is 7.84. The van der Waals surface area contributed by atoms with Gasteiger partial charge in [-0.3, -0.25) is 9.69 Å². The van der Waals surface area contributed by atoms with Crippen molar-refractivity contribution < 1.29 is 18.7 Å². The first-order valence-electron chi connectivity index (χ1n) is 13.3. The Balaban J connectivity index is 1.37. The molecule has 3 aromatic carbocycles. The van der Waals surface area contributed by atoms with Gasteiger partial charge in [-0.15, -0.1) is 0 Å². The van der Waals surface area contributed by atoms with E-state index in [0.29, 0.717) is 49.8 Å². The minimum Gasteiger partial charge on any atom is -0.497 e. The molecule has 2 aliphatic rings. The number of para-hydroxylation sites is 1. The molecule has 1 amide bonds. The zero-order valence-corrected chi connectivity index (χ0v) is 23.0. The summed E-state index contributed by atoms with van der Waals surface area (Å²) in [5.74, 6) is 1.06. The number of nitrogens with zero attached hydrogens (tertiary/aromatic N) is 4. The molecule has 0 unspecified atom stereocenters. The van der Waals surface area contributed by atoms with Crippen molar-refractivity contribution in [3.63, 3.8) is 0 Å². The molecule has 5 rings (SSSR count). The number of piperazine rings is 1. The lowest BCUT2D eigenvalue weighted by molar-refractivity contribution is -0.134. The van der Waals surface area contributed by atoms with Gasteiger partial charge in [-0.2, -0.15) is 5.10 Å². The lowest BCUT2D eigenvalue weighted by Crippen LogP contribution is -2.49. The Labute approximate surface area is 229 Å². The summed E-state index contributed by atoms with van der Waals surface area (Å²) < 4.78 is 25.4. The van der Waals surface area contributed by atoms with E-state index in [9.17, 15) is 9.18 Å². The van der Waals surface area contributed by atoms with E-state index in [4.69, 9.17) is 14.6 Å². The van der Waals surface area contributed by atoms with E-state index in [1.807, 2.05) is 29.2 Å². The van der Waals surface area contributed by atoms with Crippen molar-refractivity contribution in [2.45, 2.75) is 26.3 Å². The largest absolute Gasteiger partial charge is 0.497 e. The molecule has 39 heavy (non-hydrogen) atoms. The predicted molar refractivity (Wildman–Crippen MR) is 151 cm³/mol. The van der Waals surface area contributed by atoms with Gasteiger partial charge in [0.2, 0.25) is 0 Å². The summed E-state index contributed by atoms with van der Waals surface area (Å²) in [6.07, 6.45) is 0.581. The number of benzene rings is 3. The van der Waals surface area contributed by atoms with Crippen molar-refractivity contribution in [2.24, 2.45) is 5.10 Å². The van der Waals surface area contributed by atoms with Gasteiger partial charge in [0.05, 0.1) is 38.2 Å². The topological polar surface area (TPSA) is 57.6 Å². The van der Waals surface area contributed by atoms with Crippen LogP contribution in [0.2, 0.25) is 0 Å². The first kappa shape index (κ1) is 26.7. The summed E-state index contributed by atoms with van der Waals surface area (Å²) in [7, 11) is 3.24. The van der Waals surface area contributed by atoms with Gasteiger partial charge < -0.3 is 14.4 Å². The lowest BCUT2D eigenvalue weighted by Gasteiger charge is -2.36. The number of ether oxygens (including phenoxy) is 2. The molecule has 2 aliphatic heterocycles. The van der Waals surface area contributed by atoms with Gasteiger partial charge in [-0.25, -0.2) is 9.40 Å². The van der Waals surface area contributed by atoms with E-state index in [2.05, 4.69) is 36.9 Å². The number of hydrogen-bond acceptors (Lipinski definition) is 6. The number of rotatable bonds is 7. The van der Waals surface area contributed by atoms with Crippen molar-refractivity contribution in [1.82, 2.24) is 9.91 Å². The second kappa shape index (κ2) is 11.5. The summed E-state index contributed by atoms with van der Waals surface area (Å²) in [6, 6.07) is 18.5. The van der Waals surface area contributed by atoms with Crippen LogP contribution >= 0.6 is 0 Å². The Morgan fingerprint density at radius 2 is 1.72 bits per heavy atom. The molecule has 0 saturated carbocycles. The Hall–Kier alpha value is -3.91. The number of hydrazone groups is 1. The van der Waals surface area contributed by atoms with Gasteiger partial charge in [-0.05, 0) is 60.9 Å². The molecule has 8 heteroatoms. The fourth-order valence-corrected chi connectivity index (χ4v) is 5.29. The third-order valence-electron chi connectivity index (χ3n) is 7.73. The van der Waals surface area contributed by atoms with Crippen LogP contribution in [-0.2, 0) is 4.79 Å². The van der Waals surface area contributed by atoms with E-state index >= 15 is 0 Å². The highest BCUT2D eigenvalue weighted by molar-refractivity contribution is 6.03. The van der Waals surface area contributed by atoms with Crippen LogP contribution in [0, 0.1) is 19.7 Å². The summed E-state index contributed by atoms with van der Waals surface area (Å²) in [6.45, 7) is 7.05. The average Bonchev–Trinajstić information content (AvgIpc) is 3.40. The van der Waals surface area contributed by atoms with Crippen LogP contribution in [0.5, 0.6) is 11.5 Å². The van der Waals surface area contributed by atoms with Gasteiger partial charge in [0.25, 0.3) is 5.91 Å². The van der Waals surface area contributed by atoms with E-state index < -0.39 is 0 Å². The molecule has 2 heterocycles. The molecule has 7 nitrogen and oxygen atoms in total. The number of hydrogen-bond donors (Lipinski definition) is 0. The van der Waals surface area contributed by atoms with Gasteiger partial charge in [0, 0.05) is 44.2 Å². The van der Waals surface area contributed by atoms with Crippen LogP contribution in [0.25, 0.3) is 0 Å². The first-order valence-corrected chi connectivity index (χ1v) is 13.3. The average molecular weight is 531 g/mol. The van der Waals surface area contributed by atoms with Gasteiger partial charge in [0.15, 0.2) is 0 Å². The monoisotopic (exact) mass is 530 g/mol. The number of amides is 1. The molecule has 3 aromatic rings.